The molecule has 0 aliphatic carbocycles. The Morgan fingerprint density at radius 3 is 2.61 bits per heavy atom. The van der Waals surface area contributed by atoms with Crippen LogP contribution in [0.3, 0.4) is 0 Å². The Hall–Kier alpha value is -3.84. The van der Waals surface area contributed by atoms with Crippen molar-refractivity contribution in [1.29, 1.82) is 0 Å². The van der Waals surface area contributed by atoms with E-state index in [1.807, 2.05) is 30.3 Å². The fraction of sp³-hybridized carbons (Fsp3) is 0.167. The van der Waals surface area contributed by atoms with Gasteiger partial charge in [0.25, 0.3) is 5.91 Å². The molecule has 1 amide bonds. The summed E-state index contributed by atoms with van der Waals surface area (Å²) in [6, 6.07) is 16.3. The third-order valence-corrected chi connectivity index (χ3v) is 5.25. The number of phenols is 2. The lowest BCUT2D eigenvalue weighted by Gasteiger charge is -2.17. The van der Waals surface area contributed by atoms with E-state index in [0.717, 1.165) is 22.8 Å². The van der Waals surface area contributed by atoms with Gasteiger partial charge in [-0.1, -0.05) is 36.4 Å². The molecule has 31 heavy (non-hydrogen) atoms. The predicted molar refractivity (Wildman–Crippen MR) is 114 cm³/mol. The number of amides is 1. The molecule has 3 aromatic rings. The molecule has 7 nitrogen and oxygen atoms in total. The number of hydrogen-bond donors (Lipinski definition) is 4. The number of nitrogens with one attached hydrogen (secondary N) is 2. The van der Waals surface area contributed by atoms with E-state index in [2.05, 4.69) is 10.6 Å². The number of phenolic OH excluding ortho intramolecular Hbond substituents is 2. The van der Waals surface area contributed by atoms with Crippen LogP contribution >= 0.6 is 0 Å². The van der Waals surface area contributed by atoms with Crippen molar-refractivity contribution in [2.75, 3.05) is 7.05 Å². The van der Waals surface area contributed by atoms with E-state index in [0.29, 0.717) is 12.1 Å². The first-order chi connectivity index (χ1) is 15.0. The fourth-order valence-electron chi connectivity index (χ4n) is 3.71. The van der Waals surface area contributed by atoms with Crippen LogP contribution in [0, 0.1) is 0 Å². The minimum Gasteiger partial charge on any atom is -0.508 e. The number of fused-ring (bicyclic) bond motifs is 1. The second-order valence-corrected chi connectivity index (χ2v) is 7.28. The van der Waals surface area contributed by atoms with Crippen molar-refractivity contribution < 1.29 is 24.5 Å². The van der Waals surface area contributed by atoms with Gasteiger partial charge in [0.05, 0.1) is 6.04 Å². The summed E-state index contributed by atoms with van der Waals surface area (Å²) in [7, 11) is 1.56. The highest BCUT2D eigenvalue weighted by Crippen LogP contribution is 2.38. The minimum absolute atomic E-state index is 0.00513. The van der Waals surface area contributed by atoms with Gasteiger partial charge in [-0.25, -0.2) is 0 Å². The number of aromatic hydroxyl groups is 2. The smallest absolute Gasteiger partial charge is 0.251 e. The number of hydrogen-bond acceptors (Lipinski definition) is 6. The first kappa shape index (κ1) is 20.4. The van der Waals surface area contributed by atoms with E-state index in [9.17, 15) is 19.8 Å². The molecule has 0 radical (unpaired) electrons. The normalized spacial score (nSPS) is 14.7. The fourth-order valence-corrected chi connectivity index (χ4v) is 3.71. The minimum atomic E-state index is -0.705. The van der Waals surface area contributed by atoms with Crippen molar-refractivity contribution in [3.05, 3.63) is 88.5 Å². The van der Waals surface area contributed by atoms with Gasteiger partial charge in [0.1, 0.15) is 29.4 Å². The van der Waals surface area contributed by atoms with Crippen LogP contribution in [-0.4, -0.2) is 29.0 Å². The summed E-state index contributed by atoms with van der Waals surface area (Å²) >= 11 is 0. The van der Waals surface area contributed by atoms with Gasteiger partial charge in [-0.15, -0.1) is 0 Å². The van der Waals surface area contributed by atoms with E-state index < -0.39 is 6.04 Å². The van der Waals surface area contributed by atoms with Crippen LogP contribution in [0.25, 0.3) is 0 Å². The topological polar surface area (TPSA) is 108 Å². The van der Waals surface area contributed by atoms with Gasteiger partial charge in [0, 0.05) is 31.3 Å². The quantitative estimate of drug-likeness (QED) is 0.458. The summed E-state index contributed by atoms with van der Waals surface area (Å²) < 4.78 is 5.80. The largest absolute Gasteiger partial charge is 0.508 e. The molecule has 4 rings (SSSR count). The van der Waals surface area contributed by atoms with E-state index in [4.69, 9.17) is 4.74 Å². The standard InChI is InChI=1S/C24H22N2O5/c1-25-24(30)15-7-8-18-16(9-15)12-26-22(18)23(29)21-19(28)10-17(27)11-20(21)31-13-14-5-3-2-4-6-14/h2-11,22,26-28H,12-13H2,1H3,(H,25,30). The van der Waals surface area contributed by atoms with Crippen LogP contribution in [0.5, 0.6) is 17.2 Å². The molecule has 1 aliphatic rings. The molecule has 7 heteroatoms. The Bertz CT molecular complexity index is 1140. The Morgan fingerprint density at radius 1 is 1.10 bits per heavy atom. The van der Waals surface area contributed by atoms with Gasteiger partial charge >= 0.3 is 0 Å². The first-order valence-corrected chi connectivity index (χ1v) is 9.83. The average Bonchev–Trinajstić information content (AvgIpc) is 3.20. The van der Waals surface area contributed by atoms with Crippen LogP contribution in [0.1, 0.15) is 43.4 Å². The molecule has 1 aliphatic heterocycles. The maximum absolute atomic E-state index is 13.4. The van der Waals surface area contributed by atoms with Gasteiger partial charge < -0.3 is 20.3 Å². The van der Waals surface area contributed by atoms with Crippen LogP contribution in [0.15, 0.2) is 60.7 Å². The summed E-state index contributed by atoms with van der Waals surface area (Å²) in [5.74, 6) is -1.04. The van der Waals surface area contributed by atoms with Crippen molar-refractivity contribution in [2.24, 2.45) is 0 Å². The number of Topliss-reactive ketones (excluding diaryl/α,β-unsaturated/α-hetero) is 1. The van der Waals surface area contributed by atoms with E-state index in [-0.39, 0.29) is 41.1 Å². The summed E-state index contributed by atoms with van der Waals surface area (Å²) in [4.78, 5) is 25.3. The molecule has 0 aromatic heterocycles. The molecule has 1 heterocycles. The van der Waals surface area contributed by atoms with Crippen LogP contribution in [0.4, 0.5) is 0 Å². The second kappa shape index (κ2) is 8.49. The number of carbonyl (C=O) groups excluding carboxylic acids is 2. The lowest BCUT2D eigenvalue weighted by Crippen LogP contribution is -2.23. The molecule has 158 valence electrons. The average molecular weight is 418 g/mol. The molecule has 0 bridgehead atoms. The van der Waals surface area contributed by atoms with E-state index in [1.165, 1.54) is 6.07 Å². The number of carbonyl (C=O) groups is 2. The van der Waals surface area contributed by atoms with Crippen LogP contribution < -0.4 is 15.4 Å². The summed E-state index contributed by atoms with van der Waals surface area (Å²) in [5, 5.41) is 26.1. The van der Waals surface area contributed by atoms with Crippen molar-refractivity contribution in [1.82, 2.24) is 10.6 Å². The van der Waals surface area contributed by atoms with E-state index in [1.54, 1.807) is 25.2 Å². The monoisotopic (exact) mass is 418 g/mol. The van der Waals surface area contributed by atoms with Gasteiger partial charge in [-0.3, -0.25) is 14.9 Å². The maximum Gasteiger partial charge on any atom is 0.251 e. The van der Waals surface area contributed by atoms with E-state index >= 15 is 0 Å². The zero-order chi connectivity index (χ0) is 22.0. The number of benzene rings is 3. The first-order valence-electron chi connectivity index (χ1n) is 9.83. The highest BCUT2D eigenvalue weighted by molar-refractivity contribution is 6.06. The summed E-state index contributed by atoms with van der Waals surface area (Å²) in [6.45, 7) is 0.587. The zero-order valence-electron chi connectivity index (χ0n) is 16.9. The molecule has 1 unspecified atom stereocenters. The lowest BCUT2D eigenvalue weighted by atomic mass is 9.95. The zero-order valence-corrected chi connectivity index (χ0v) is 16.9. The molecular weight excluding hydrogens is 396 g/mol. The molecular formula is C24H22N2O5. The van der Waals surface area contributed by atoms with Crippen molar-refractivity contribution in [3.8, 4) is 17.2 Å². The second-order valence-electron chi connectivity index (χ2n) is 7.28. The van der Waals surface area contributed by atoms with Crippen molar-refractivity contribution in [2.45, 2.75) is 19.2 Å². The van der Waals surface area contributed by atoms with Gasteiger partial charge in [0.2, 0.25) is 0 Å². The molecule has 0 saturated carbocycles. The third kappa shape index (κ3) is 4.08. The Balaban J connectivity index is 1.64. The number of rotatable bonds is 6. The Morgan fingerprint density at radius 2 is 1.87 bits per heavy atom. The van der Waals surface area contributed by atoms with Crippen LogP contribution in [0.2, 0.25) is 0 Å². The number of ether oxygens (including phenoxy) is 1. The van der Waals surface area contributed by atoms with Gasteiger partial charge in [0.15, 0.2) is 5.78 Å². The summed E-state index contributed by atoms with van der Waals surface area (Å²) in [5.41, 5.74) is 2.96. The SMILES string of the molecule is CNC(=O)c1ccc2c(c1)CNC2C(=O)c1c(O)cc(O)cc1OCc1ccccc1. The van der Waals surface area contributed by atoms with Gasteiger partial charge in [-0.05, 0) is 28.8 Å². The summed E-state index contributed by atoms with van der Waals surface area (Å²) in [6.07, 6.45) is 0. The van der Waals surface area contributed by atoms with Crippen molar-refractivity contribution >= 4 is 11.7 Å². The highest BCUT2D eigenvalue weighted by Gasteiger charge is 2.33. The molecule has 0 spiro atoms. The Labute approximate surface area is 179 Å². The molecule has 3 aromatic carbocycles. The highest BCUT2D eigenvalue weighted by atomic mass is 16.5. The predicted octanol–water partition coefficient (Wildman–Crippen LogP) is 3.06. The molecule has 1 atom stereocenters. The molecule has 0 fully saturated rings. The third-order valence-electron chi connectivity index (χ3n) is 5.25. The number of ketones is 1. The van der Waals surface area contributed by atoms with Gasteiger partial charge in [-0.2, -0.15) is 0 Å². The lowest BCUT2D eigenvalue weighted by molar-refractivity contribution is 0.0938. The van der Waals surface area contributed by atoms with Crippen molar-refractivity contribution in [3.63, 3.8) is 0 Å². The van der Waals surface area contributed by atoms with Crippen LogP contribution in [-0.2, 0) is 13.2 Å². The molecule has 0 saturated heterocycles. The maximum atomic E-state index is 13.4. The Kier molecular flexibility index (Phi) is 5.60. The molecule has 4 N–H and O–H groups in total.